The minimum absolute atomic E-state index is 0.0178. The molecule has 1 aromatic carbocycles. The Labute approximate surface area is 307 Å². The van der Waals surface area contributed by atoms with Crippen LogP contribution in [0, 0.1) is 18.2 Å². The van der Waals surface area contributed by atoms with E-state index in [1.54, 1.807) is 11.1 Å². The number of nitrogens with zero attached hydrogens (tertiary/aromatic N) is 6. The standard InChI is InChI=1S/C38H48ClF2N7O4/c1-21-14-26-25(17-42-46-26)28(30(21)39)32-31(41)33-29(35(43-32)50-4)34(47-12-7-11-38(49,18-40)19-47)45-36(44-33)51-20-37-9-5-8-27(37)48(13-6-10-37)24-15-22(2)52-23(3)16-24/h14,17,22-24,27,49H,5-13,15-16,18-20H2,1-4H3,(H,42,46)/t22-,23+,24?,27-,37-,38+/m1/s1. The van der Waals surface area contributed by atoms with Crippen LogP contribution in [0.4, 0.5) is 14.6 Å². The quantitative estimate of drug-likeness (QED) is 0.196. The van der Waals surface area contributed by atoms with Gasteiger partial charge in [0.2, 0.25) is 5.88 Å². The lowest BCUT2D eigenvalue weighted by Crippen LogP contribution is -2.57. The number of alkyl halides is 1. The fraction of sp³-hybridized carbons (Fsp3) is 0.632. The second kappa shape index (κ2) is 13.8. The van der Waals surface area contributed by atoms with Crippen molar-refractivity contribution in [2.24, 2.45) is 5.41 Å². The van der Waals surface area contributed by atoms with Gasteiger partial charge in [0.1, 0.15) is 34.7 Å². The normalized spacial score (nSPS) is 29.9. The molecule has 1 aliphatic carbocycles. The van der Waals surface area contributed by atoms with Crippen LogP contribution in [0.3, 0.4) is 0 Å². The van der Waals surface area contributed by atoms with Crippen LogP contribution in [0.25, 0.3) is 33.1 Å². The number of aryl methyl sites for hydroxylation is 1. The van der Waals surface area contributed by atoms with Crippen molar-refractivity contribution < 1.29 is 28.1 Å². The first kappa shape index (κ1) is 35.6. The van der Waals surface area contributed by atoms with Crippen LogP contribution < -0.4 is 14.4 Å². The number of benzene rings is 1. The lowest BCUT2D eigenvalue weighted by molar-refractivity contribution is -0.0967. The average Bonchev–Trinajstić information content (AvgIpc) is 3.78. The number of β-amino-alcohol motifs (C(OH)–C–C–N with tert-alkyl or cyclic N) is 1. The Balaban J connectivity index is 1.22. The van der Waals surface area contributed by atoms with Gasteiger partial charge in [0.15, 0.2) is 5.82 Å². The van der Waals surface area contributed by atoms with Crippen LogP contribution in [-0.2, 0) is 4.74 Å². The van der Waals surface area contributed by atoms with Crippen molar-refractivity contribution in [2.75, 3.05) is 44.9 Å². The Hall–Kier alpha value is -3.39. The highest BCUT2D eigenvalue weighted by molar-refractivity contribution is 6.35. The molecule has 6 heterocycles. The van der Waals surface area contributed by atoms with Gasteiger partial charge in [-0.2, -0.15) is 15.1 Å². The van der Waals surface area contributed by atoms with E-state index in [0.29, 0.717) is 59.6 Å². The summed E-state index contributed by atoms with van der Waals surface area (Å²) in [5.41, 5.74) is -0.00230. The van der Waals surface area contributed by atoms with Gasteiger partial charge in [-0.1, -0.05) is 18.0 Å². The van der Waals surface area contributed by atoms with Crippen LogP contribution >= 0.6 is 11.6 Å². The van der Waals surface area contributed by atoms with Gasteiger partial charge in [0.25, 0.3) is 0 Å². The van der Waals surface area contributed by atoms with Crippen LogP contribution in [0.1, 0.15) is 77.2 Å². The molecule has 3 aromatic heterocycles. The highest BCUT2D eigenvalue weighted by atomic mass is 35.5. The van der Waals surface area contributed by atoms with E-state index >= 15 is 4.39 Å². The summed E-state index contributed by atoms with van der Waals surface area (Å²) in [7, 11) is 1.45. The molecule has 14 heteroatoms. The zero-order valence-corrected chi connectivity index (χ0v) is 31.1. The maximum Gasteiger partial charge on any atom is 0.319 e. The fourth-order valence-corrected chi connectivity index (χ4v) is 10.0. The predicted octanol–water partition coefficient (Wildman–Crippen LogP) is 6.95. The molecule has 6 atom stereocenters. The number of halogens is 3. The maximum atomic E-state index is 17.2. The zero-order chi connectivity index (χ0) is 36.4. The first-order valence-corrected chi connectivity index (χ1v) is 19.1. The van der Waals surface area contributed by atoms with Crippen molar-refractivity contribution in [3.63, 3.8) is 0 Å². The minimum atomic E-state index is -1.57. The Bertz CT molecular complexity index is 1970. The molecular formula is C38H48ClF2N7O4. The van der Waals surface area contributed by atoms with Gasteiger partial charge in [-0.3, -0.25) is 10.00 Å². The molecule has 4 aliphatic rings. The molecule has 1 unspecified atom stereocenters. The second-order valence-electron chi connectivity index (χ2n) is 15.7. The molecule has 8 rings (SSSR count). The van der Waals surface area contributed by atoms with Crippen LogP contribution in [-0.4, -0.2) is 105 Å². The number of methoxy groups -OCH3 is 1. The van der Waals surface area contributed by atoms with Crippen LogP contribution in [0.2, 0.25) is 5.02 Å². The molecule has 0 amide bonds. The second-order valence-corrected chi connectivity index (χ2v) is 16.1. The average molecular weight is 740 g/mol. The van der Waals surface area contributed by atoms with Crippen LogP contribution in [0.5, 0.6) is 11.9 Å². The van der Waals surface area contributed by atoms with Crippen molar-refractivity contribution in [3.05, 3.63) is 28.7 Å². The molecule has 4 aromatic rings. The molecule has 0 spiro atoms. The Kier molecular flexibility index (Phi) is 9.45. The molecule has 11 nitrogen and oxygen atoms in total. The van der Waals surface area contributed by atoms with E-state index in [-0.39, 0.29) is 58.5 Å². The van der Waals surface area contributed by atoms with Gasteiger partial charge >= 0.3 is 6.01 Å². The van der Waals surface area contributed by atoms with Gasteiger partial charge in [0.05, 0.1) is 49.2 Å². The molecule has 1 saturated carbocycles. The van der Waals surface area contributed by atoms with Gasteiger partial charge in [0, 0.05) is 35.0 Å². The fourth-order valence-electron chi connectivity index (χ4n) is 9.77. The summed E-state index contributed by atoms with van der Waals surface area (Å²) in [4.78, 5) is 18.8. The van der Waals surface area contributed by atoms with E-state index in [0.717, 1.165) is 57.1 Å². The van der Waals surface area contributed by atoms with E-state index in [2.05, 4.69) is 33.9 Å². The number of H-pyrrole nitrogens is 1. The van der Waals surface area contributed by atoms with Crippen molar-refractivity contribution in [3.8, 4) is 23.1 Å². The van der Waals surface area contributed by atoms with E-state index in [1.807, 2.05) is 13.0 Å². The highest BCUT2D eigenvalue weighted by Crippen LogP contribution is 2.50. The largest absolute Gasteiger partial charge is 0.480 e. The van der Waals surface area contributed by atoms with Gasteiger partial charge in [-0.25, -0.2) is 13.8 Å². The van der Waals surface area contributed by atoms with E-state index in [1.165, 1.54) is 7.11 Å². The third-order valence-corrected chi connectivity index (χ3v) is 12.6. The summed E-state index contributed by atoms with van der Waals surface area (Å²) in [6.07, 6.45) is 10.2. The molecule has 4 fully saturated rings. The van der Waals surface area contributed by atoms with Crippen LogP contribution in [0.15, 0.2) is 12.3 Å². The van der Waals surface area contributed by atoms with Crippen molar-refractivity contribution >= 4 is 39.2 Å². The number of aromatic nitrogens is 5. The molecule has 3 saturated heterocycles. The summed E-state index contributed by atoms with van der Waals surface area (Å²) in [6, 6.07) is 2.69. The third-order valence-electron chi connectivity index (χ3n) is 12.1. The smallest absolute Gasteiger partial charge is 0.319 e. The zero-order valence-electron chi connectivity index (χ0n) is 30.4. The van der Waals surface area contributed by atoms with Crippen molar-refractivity contribution in [1.82, 2.24) is 30.0 Å². The number of nitrogens with one attached hydrogen (secondary N) is 1. The Morgan fingerprint density at radius 1 is 1.10 bits per heavy atom. The molecule has 2 N–H and O–H groups in total. The summed E-state index contributed by atoms with van der Waals surface area (Å²) >= 11 is 6.86. The van der Waals surface area contributed by atoms with Crippen molar-refractivity contribution in [2.45, 2.75) is 108 Å². The number of aromatic amines is 1. The number of fused-ring (bicyclic) bond motifs is 3. The predicted molar refractivity (Wildman–Crippen MR) is 196 cm³/mol. The summed E-state index contributed by atoms with van der Waals surface area (Å²) in [6.45, 7) is 7.13. The number of pyridine rings is 1. The molecular weight excluding hydrogens is 692 g/mol. The van der Waals surface area contributed by atoms with E-state index in [4.69, 9.17) is 35.8 Å². The molecule has 52 heavy (non-hydrogen) atoms. The number of piperidine rings is 2. The topological polar surface area (TPSA) is 122 Å². The molecule has 0 radical (unpaired) electrons. The first-order chi connectivity index (χ1) is 25.0. The molecule has 0 bridgehead atoms. The number of aliphatic hydroxyl groups is 1. The number of hydrogen-bond acceptors (Lipinski definition) is 10. The number of hydrogen-bond donors (Lipinski definition) is 2. The summed E-state index contributed by atoms with van der Waals surface area (Å²) < 4.78 is 49.9. The minimum Gasteiger partial charge on any atom is -0.480 e. The van der Waals surface area contributed by atoms with Crippen molar-refractivity contribution in [1.29, 1.82) is 0 Å². The van der Waals surface area contributed by atoms with Gasteiger partial charge in [-0.15, -0.1) is 0 Å². The monoisotopic (exact) mass is 739 g/mol. The summed E-state index contributed by atoms with van der Waals surface area (Å²) in [5, 5.41) is 19.3. The lowest BCUT2D eigenvalue weighted by Gasteiger charge is -2.51. The molecule has 280 valence electrons. The Morgan fingerprint density at radius 2 is 1.87 bits per heavy atom. The number of ether oxygens (including phenoxy) is 3. The van der Waals surface area contributed by atoms with E-state index in [9.17, 15) is 9.50 Å². The Morgan fingerprint density at radius 3 is 2.63 bits per heavy atom. The SMILES string of the molecule is COc1nc(-c2c(Cl)c(C)cc3[nH]ncc23)c(F)c2nc(OC[C@]34CCC[C@H]3N(C3C[C@@H](C)O[C@@H](C)C3)CCC4)nc(N3CCC[C@](O)(CF)C3)c12. The van der Waals surface area contributed by atoms with Gasteiger partial charge < -0.3 is 24.2 Å². The number of likely N-dealkylation sites (tertiary alicyclic amines) is 1. The maximum absolute atomic E-state index is 17.2. The lowest BCUT2D eigenvalue weighted by atomic mass is 9.74. The number of rotatable bonds is 8. The number of anilines is 1. The highest BCUT2D eigenvalue weighted by Gasteiger charge is 2.51. The molecule has 3 aliphatic heterocycles. The first-order valence-electron chi connectivity index (χ1n) is 18.7. The summed E-state index contributed by atoms with van der Waals surface area (Å²) in [5.74, 6) is -0.365. The van der Waals surface area contributed by atoms with Gasteiger partial charge in [-0.05, 0) is 90.3 Å². The third kappa shape index (κ3) is 6.15. The van der Waals surface area contributed by atoms with E-state index < -0.39 is 18.1 Å².